The van der Waals surface area contributed by atoms with Gasteiger partial charge in [0, 0.05) is 36.3 Å². The van der Waals surface area contributed by atoms with Gasteiger partial charge in [-0.2, -0.15) is 0 Å². The van der Waals surface area contributed by atoms with Crippen LogP contribution in [0.1, 0.15) is 12.0 Å². The Hall–Kier alpha value is -4.30. The van der Waals surface area contributed by atoms with Gasteiger partial charge in [-0.15, -0.1) is 0 Å². The molecule has 0 saturated carbocycles. The first-order valence-electron chi connectivity index (χ1n) is 11.2. The molecular weight excluding hydrogens is 446 g/mol. The first-order valence-corrected chi connectivity index (χ1v) is 11.2. The van der Waals surface area contributed by atoms with E-state index in [-0.39, 0.29) is 13.0 Å². The Morgan fingerprint density at radius 2 is 1.80 bits per heavy atom. The summed E-state index contributed by atoms with van der Waals surface area (Å²) in [6, 6.07) is 22.3. The molecule has 4 aromatic rings. The lowest BCUT2D eigenvalue weighted by molar-refractivity contribution is -0.138. The third-order valence-corrected chi connectivity index (χ3v) is 5.41. The van der Waals surface area contributed by atoms with Crippen molar-refractivity contribution in [2.45, 2.75) is 19.0 Å². The van der Waals surface area contributed by atoms with Gasteiger partial charge in [0.25, 0.3) is 0 Å². The van der Waals surface area contributed by atoms with E-state index in [2.05, 4.69) is 22.4 Å². The normalized spacial score (nSPS) is 11.6. The fourth-order valence-corrected chi connectivity index (χ4v) is 3.48. The van der Waals surface area contributed by atoms with Crippen LogP contribution in [0.2, 0.25) is 0 Å². The average Bonchev–Trinajstić information content (AvgIpc) is 2.88. The minimum absolute atomic E-state index is 0.135. The van der Waals surface area contributed by atoms with E-state index < -0.39 is 12.0 Å². The summed E-state index contributed by atoms with van der Waals surface area (Å²) in [6.07, 6.45) is 1.83. The third-order valence-electron chi connectivity index (χ3n) is 5.41. The van der Waals surface area contributed by atoms with Crippen LogP contribution in [-0.2, 0) is 11.3 Å². The number of fused-ring (bicyclic) bond motifs is 1. The first kappa shape index (κ1) is 23.8. The molecule has 4 rings (SSSR count). The first-order chi connectivity index (χ1) is 17.0. The summed E-state index contributed by atoms with van der Waals surface area (Å²) in [5.41, 5.74) is 8.40. The SMILES string of the molecule is COc1cc2c(Oc3ccc(NCc4ccccc4)cc3)ccnc2cc1OCC[C@H](N)C(=O)O. The molecule has 0 aliphatic rings. The molecule has 3 aromatic carbocycles. The maximum Gasteiger partial charge on any atom is 0.320 e. The van der Waals surface area contributed by atoms with Crippen molar-refractivity contribution in [2.75, 3.05) is 19.0 Å². The van der Waals surface area contributed by atoms with Crippen LogP contribution >= 0.6 is 0 Å². The molecule has 4 N–H and O–H groups in total. The van der Waals surface area contributed by atoms with E-state index in [4.69, 9.17) is 25.1 Å². The highest BCUT2D eigenvalue weighted by atomic mass is 16.5. The molecule has 1 aromatic heterocycles. The standard InChI is InChI=1S/C27H27N3O5/c1-33-25-15-21-23(16-26(25)34-14-12-22(28)27(31)32)29-13-11-24(21)35-20-9-7-19(8-10-20)30-17-18-5-3-2-4-6-18/h2-11,13,15-16,22,30H,12,14,17,28H2,1H3,(H,31,32)/t22-/m0/s1. The number of methoxy groups -OCH3 is 1. The minimum atomic E-state index is -1.07. The van der Waals surface area contributed by atoms with Gasteiger partial charge in [-0.25, -0.2) is 0 Å². The van der Waals surface area contributed by atoms with Gasteiger partial charge in [0.1, 0.15) is 17.5 Å². The number of hydrogen-bond acceptors (Lipinski definition) is 7. The molecule has 180 valence electrons. The van der Waals surface area contributed by atoms with E-state index in [1.54, 1.807) is 24.4 Å². The lowest BCUT2D eigenvalue weighted by Crippen LogP contribution is -2.31. The lowest BCUT2D eigenvalue weighted by Gasteiger charge is -2.15. The molecule has 0 fully saturated rings. The van der Waals surface area contributed by atoms with Crippen molar-refractivity contribution in [1.29, 1.82) is 0 Å². The second kappa shape index (κ2) is 11.2. The summed E-state index contributed by atoms with van der Waals surface area (Å²) >= 11 is 0. The number of hydrogen-bond donors (Lipinski definition) is 3. The van der Waals surface area contributed by atoms with Crippen molar-refractivity contribution < 1.29 is 24.1 Å². The summed E-state index contributed by atoms with van der Waals surface area (Å²) in [5.74, 6) is 1.18. The smallest absolute Gasteiger partial charge is 0.320 e. The van der Waals surface area contributed by atoms with E-state index in [1.807, 2.05) is 42.5 Å². The monoisotopic (exact) mass is 473 g/mol. The van der Waals surface area contributed by atoms with Crippen LogP contribution in [0.5, 0.6) is 23.0 Å². The number of nitrogens with one attached hydrogen (secondary N) is 1. The molecule has 0 unspecified atom stereocenters. The van der Waals surface area contributed by atoms with Gasteiger partial charge in [0.05, 0.1) is 19.2 Å². The Morgan fingerprint density at radius 1 is 1.03 bits per heavy atom. The number of anilines is 1. The predicted octanol–water partition coefficient (Wildman–Crippen LogP) is 4.83. The number of ether oxygens (including phenoxy) is 3. The topological polar surface area (TPSA) is 116 Å². The molecule has 0 aliphatic heterocycles. The highest BCUT2D eigenvalue weighted by molar-refractivity contribution is 5.88. The number of carboxylic acid groups (broad SMARTS) is 1. The lowest BCUT2D eigenvalue weighted by atomic mass is 10.1. The number of rotatable bonds is 11. The van der Waals surface area contributed by atoms with Gasteiger partial charge in [-0.1, -0.05) is 30.3 Å². The number of aromatic nitrogens is 1. The van der Waals surface area contributed by atoms with E-state index in [0.717, 1.165) is 17.6 Å². The molecule has 1 atom stereocenters. The van der Waals surface area contributed by atoms with Gasteiger partial charge in [-0.3, -0.25) is 9.78 Å². The van der Waals surface area contributed by atoms with Crippen LogP contribution in [0.15, 0.2) is 79.0 Å². The van der Waals surface area contributed by atoms with Gasteiger partial charge in [0.15, 0.2) is 11.5 Å². The number of carboxylic acids is 1. The quantitative estimate of drug-likeness (QED) is 0.284. The van der Waals surface area contributed by atoms with Crippen LogP contribution in [0.25, 0.3) is 10.9 Å². The summed E-state index contributed by atoms with van der Waals surface area (Å²) in [4.78, 5) is 15.3. The minimum Gasteiger partial charge on any atom is -0.493 e. The molecule has 35 heavy (non-hydrogen) atoms. The van der Waals surface area contributed by atoms with Crippen LogP contribution in [0, 0.1) is 0 Å². The molecule has 0 saturated heterocycles. The highest BCUT2D eigenvalue weighted by Crippen LogP contribution is 2.37. The van der Waals surface area contributed by atoms with Crippen molar-refractivity contribution in [1.82, 2.24) is 4.98 Å². The molecular formula is C27H27N3O5. The van der Waals surface area contributed by atoms with Crippen molar-refractivity contribution in [3.8, 4) is 23.0 Å². The molecule has 0 spiro atoms. The van der Waals surface area contributed by atoms with Crippen molar-refractivity contribution >= 4 is 22.6 Å². The molecule has 8 heteroatoms. The molecule has 0 aliphatic carbocycles. The van der Waals surface area contributed by atoms with E-state index >= 15 is 0 Å². The van der Waals surface area contributed by atoms with E-state index in [1.165, 1.54) is 12.7 Å². The molecule has 0 radical (unpaired) electrons. The van der Waals surface area contributed by atoms with Crippen LogP contribution in [-0.4, -0.2) is 35.8 Å². The number of aliphatic carboxylic acids is 1. The third kappa shape index (κ3) is 6.18. The zero-order valence-corrected chi connectivity index (χ0v) is 19.3. The number of pyridine rings is 1. The van der Waals surface area contributed by atoms with E-state index in [9.17, 15) is 4.79 Å². The largest absolute Gasteiger partial charge is 0.493 e. The molecule has 0 amide bonds. The average molecular weight is 474 g/mol. The second-order valence-corrected chi connectivity index (χ2v) is 7.88. The summed E-state index contributed by atoms with van der Waals surface area (Å²) in [7, 11) is 1.54. The van der Waals surface area contributed by atoms with Crippen LogP contribution in [0.4, 0.5) is 5.69 Å². The molecule has 8 nitrogen and oxygen atoms in total. The van der Waals surface area contributed by atoms with Gasteiger partial charge < -0.3 is 30.4 Å². The molecule has 1 heterocycles. The van der Waals surface area contributed by atoms with Crippen LogP contribution in [0.3, 0.4) is 0 Å². The predicted molar refractivity (Wildman–Crippen MR) is 134 cm³/mol. The Bertz CT molecular complexity index is 1280. The number of nitrogens with two attached hydrogens (primary N) is 1. The summed E-state index contributed by atoms with van der Waals surface area (Å²) in [6.45, 7) is 0.874. The maximum atomic E-state index is 10.9. The van der Waals surface area contributed by atoms with Crippen LogP contribution < -0.4 is 25.3 Å². The fraction of sp³-hybridized carbons (Fsp3) is 0.185. The van der Waals surface area contributed by atoms with E-state index in [0.29, 0.717) is 28.5 Å². The number of nitrogens with zero attached hydrogens (tertiary/aromatic N) is 1. The Morgan fingerprint density at radius 3 is 2.51 bits per heavy atom. The van der Waals surface area contributed by atoms with Crippen molar-refractivity contribution in [3.63, 3.8) is 0 Å². The Balaban J connectivity index is 1.46. The zero-order valence-electron chi connectivity index (χ0n) is 19.3. The van der Waals surface area contributed by atoms with Crippen molar-refractivity contribution in [2.24, 2.45) is 5.73 Å². The summed E-state index contributed by atoms with van der Waals surface area (Å²) < 4.78 is 17.3. The maximum absolute atomic E-state index is 10.9. The van der Waals surface area contributed by atoms with Crippen molar-refractivity contribution in [3.05, 3.63) is 84.6 Å². The highest BCUT2D eigenvalue weighted by Gasteiger charge is 2.15. The van der Waals surface area contributed by atoms with Gasteiger partial charge >= 0.3 is 5.97 Å². The Kier molecular flexibility index (Phi) is 7.64. The summed E-state index contributed by atoms with van der Waals surface area (Å²) in [5, 5.41) is 13.1. The fourth-order valence-electron chi connectivity index (χ4n) is 3.48. The second-order valence-electron chi connectivity index (χ2n) is 7.88. The molecule has 0 bridgehead atoms. The van der Waals surface area contributed by atoms with Gasteiger partial charge in [-0.05, 0) is 42.0 Å². The number of benzene rings is 3. The zero-order chi connectivity index (χ0) is 24.6. The van der Waals surface area contributed by atoms with Gasteiger partial charge in [0.2, 0.25) is 0 Å². The Labute approximate surface area is 203 Å². The number of carbonyl (C=O) groups is 1.